The summed E-state index contributed by atoms with van der Waals surface area (Å²) in [6.45, 7) is 4.55. The maximum Gasteiger partial charge on any atom is 0.250 e. The fourth-order valence-electron chi connectivity index (χ4n) is 3.33. The molecule has 0 aliphatic carbocycles. The van der Waals surface area contributed by atoms with Crippen molar-refractivity contribution in [2.24, 2.45) is 0 Å². The lowest BCUT2D eigenvalue weighted by Crippen LogP contribution is -2.07. The Balaban J connectivity index is 1.37. The molecule has 0 aliphatic heterocycles. The summed E-state index contributed by atoms with van der Waals surface area (Å²) in [6, 6.07) is 19.2. The molecule has 0 radical (unpaired) electrons. The molecule has 0 saturated carbocycles. The number of halogens is 1. The minimum Gasteiger partial charge on any atom is -0.493 e. The van der Waals surface area contributed by atoms with Crippen LogP contribution in [0.5, 0.6) is 11.5 Å². The average molecular weight is 505 g/mol. The predicted molar refractivity (Wildman–Crippen MR) is 143 cm³/mol. The van der Waals surface area contributed by atoms with Crippen molar-refractivity contribution < 1.29 is 14.3 Å². The lowest BCUT2D eigenvalue weighted by Gasteiger charge is -2.11. The van der Waals surface area contributed by atoms with E-state index >= 15 is 0 Å². The van der Waals surface area contributed by atoms with Crippen molar-refractivity contribution in [1.82, 2.24) is 4.98 Å². The summed E-state index contributed by atoms with van der Waals surface area (Å²) in [5.74, 6) is 0.943. The van der Waals surface area contributed by atoms with Crippen LogP contribution >= 0.6 is 22.9 Å². The number of methoxy groups -OCH3 is 1. The van der Waals surface area contributed by atoms with Crippen molar-refractivity contribution in [2.75, 3.05) is 12.4 Å². The first-order chi connectivity index (χ1) is 16.9. The number of anilines is 1. The smallest absolute Gasteiger partial charge is 0.250 e. The van der Waals surface area contributed by atoms with Gasteiger partial charge in [0.05, 0.1) is 12.8 Å². The minimum atomic E-state index is -0.256. The summed E-state index contributed by atoms with van der Waals surface area (Å²) in [5.41, 5.74) is 6.13. The Bertz CT molecular complexity index is 1360. The first-order valence-corrected chi connectivity index (χ1v) is 12.2. The van der Waals surface area contributed by atoms with E-state index in [-0.39, 0.29) is 5.91 Å². The molecular formula is C28H25ClN2O3S. The lowest BCUT2D eigenvalue weighted by atomic mass is 10.1. The molecule has 0 saturated heterocycles. The molecule has 0 atom stereocenters. The molecule has 1 heterocycles. The molecule has 4 rings (SSSR count). The molecule has 0 aliphatic rings. The van der Waals surface area contributed by atoms with Gasteiger partial charge in [-0.05, 0) is 72.5 Å². The van der Waals surface area contributed by atoms with Crippen LogP contribution in [0.2, 0.25) is 5.02 Å². The van der Waals surface area contributed by atoms with Crippen LogP contribution in [0, 0.1) is 13.8 Å². The largest absolute Gasteiger partial charge is 0.493 e. The van der Waals surface area contributed by atoms with E-state index < -0.39 is 0 Å². The van der Waals surface area contributed by atoms with Gasteiger partial charge in [-0.25, -0.2) is 4.98 Å². The number of amides is 1. The van der Waals surface area contributed by atoms with Crippen LogP contribution in [0.25, 0.3) is 17.3 Å². The molecule has 5 nitrogen and oxygen atoms in total. The highest BCUT2D eigenvalue weighted by Gasteiger charge is 2.09. The van der Waals surface area contributed by atoms with Crippen molar-refractivity contribution in [1.29, 1.82) is 0 Å². The van der Waals surface area contributed by atoms with E-state index in [1.165, 1.54) is 28.5 Å². The van der Waals surface area contributed by atoms with Gasteiger partial charge in [0.1, 0.15) is 6.61 Å². The van der Waals surface area contributed by atoms with Crippen molar-refractivity contribution in [3.63, 3.8) is 0 Å². The Morgan fingerprint density at radius 1 is 1.03 bits per heavy atom. The molecule has 3 aromatic carbocycles. The number of ether oxygens (including phenoxy) is 2. The third-order valence-electron chi connectivity index (χ3n) is 5.46. The van der Waals surface area contributed by atoms with Crippen LogP contribution in [0.15, 0.2) is 72.1 Å². The van der Waals surface area contributed by atoms with Crippen LogP contribution in [-0.2, 0) is 11.4 Å². The molecule has 0 fully saturated rings. The number of rotatable bonds is 8. The molecule has 1 aromatic heterocycles. The molecule has 35 heavy (non-hydrogen) atoms. The fourth-order valence-corrected chi connectivity index (χ4v) is 4.18. The van der Waals surface area contributed by atoms with Crippen LogP contribution < -0.4 is 14.8 Å². The van der Waals surface area contributed by atoms with Gasteiger partial charge in [-0.1, -0.05) is 41.9 Å². The van der Waals surface area contributed by atoms with Gasteiger partial charge < -0.3 is 9.47 Å². The van der Waals surface area contributed by atoms with Gasteiger partial charge >= 0.3 is 0 Å². The summed E-state index contributed by atoms with van der Waals surface area (Å²) in [7, 11) is 1.58. The van der Waals surface area contributed by atoms with E-state index in [2.05, 4.69) is 36.3 Å². The topological polar surface area (TPSA) is 60.5 Å². The fraction of sp³-hybridized carbons (Fsp3) is 0.143. The zero-order valence-corrected chi connectivity index (χ0v) is 21.2. The second-order valence-corrected chi connectivity index (χ2v) is 9.28. The van der Waals surface area contributed by atoms with E-state index in [1.54, 1.807) is 13.2 Å². The molecule has 7 heteroatoms. The molecule has 4 aromatic rings. The highest BCUT2D eigenvalue weighted by Crippen LogP contribution is 2.30. The lowest BCUT2D eigenvalue weighted by molar-refractivity contribution is -0.111. The number of aryl methyl sites for hydroxylation is 2. The van der Waals surface area contributed by atoms with Gasteiger partial charge in [-0.2, -0.15) is 0 Å². The van der Waals surface area contributed by atoms with Crippen molar-refractivity contribution in [2.45, 2.75) is 20.5 Å². The second-order valence-electron chi connectivity index (χ2n) is 7.98. The number of carbonyl (C=O) groups is 1. The van der Waals surface area contributed by atoms with Crippen molar-refractivity contribution >= 4 is 40.1 Å². The Hall–Kier alpha value is -3.61. The zero-order valence-electron chi connectivity index (χ0n) is 19.7. The average Bonchev–Trinajstić information content (AvgIpc) is 3.32. The summed E-state index contributed by atoms with van der Waals surface area (Å²) in [6.07, 6.45) is 3.19. The van der Waals surface area contributed by atoms with E-state index in [0.717, 1.165) is 22.4 Å². The monoisotopic (exact) mass is 504 g/mol. The highest BCUT2D eigenvalue weighted by atomic mass is 35.5. The normalized spacial score (nSPS) is 11.0. The third kappa shape index (κ3) is 6.50. The number of carbonyl (C=O) groups excluding carboxylic acids is 1. The van der Waals surface area contributed by atoms with Crippen molar-refractivity contribution in [3.05, 3.63) is 99.4 Å². The molecule has 1 amide bonds. The van der Waals surface area contributed by atoms with Crippen LogP contribution in [0.4, 0.5) is 5.13 Å². The number of hydrogen-bond donors (Lipinski definition) is 1. The zero-order chi connectivity index (χ0) is 24.8. The van der Waals surface area contributed by atoms with Crippen molar-refractivity contribution in [3.8, 4) is 22.8 Å². The number of nitrogens with zero attached hydrogens (tertiary/aromatic N) is 1. The molecule has 0 spiro atoms. The summed E-state index contributed by atoms with van der Waals surface area (Å²) in [4.78, 5) is 17.0. The molecule has 178 valence electrons. The summed E-state index contributed by atoms with van der Waals surface area (Å²) < 4.78 is 11.4. The number of aromatic nitrogens is 1. The molecule has 1 N–H and O–H groups in total. The second kappa shape index (κ2) is 11.2. The minimum absolute atomic E-state index is 0.256. The summed E-state index contributed by atoms with van der Waals surface area (Å²) >= 11 is 7.32. The van der Waals surface area contributed by atoms with E-state index in [9.17, 15) is 4.79 Å². The number of hydrogen-bond acceptors (Lipinski definition) is 5. The Morgan fingerprint density at radius 2 is 1.83 bits per heavy atom. The standard InChI is InChI=1S/C28H25ClN2O3S/c1-18-4-9-22(14-19(18)2)24-17-35-28(30-24)31-27(32)13-8-20-7-12-25(26(15-20)33-3)34-16-21-5-10-23(29)11-6-21/h4-15,17H,16H2,1-3H3,(H,30,31,32)/b13-8+. The van der Waals surface area contributed by atoms with Gasteiger partial charge in [-0.15, -0.1) is 11.3 Å². The van der Waals surface area contributed by atoms with Gasteiger partial charge in [0, 0.05) is 22.0 Å². The van der Waals surface area contributed by atoms with Gasteiger partial charge in [0.15, 0.2) is 16.6 Å². The van der Waals surface area contributed by atoms with Crippen LogP contribution in [0.1, 0.15) is 22.3 Å². The van der Waals surface area contributed by atoms with E-state index in [0.29, 0.717) is 28.3 Å². The molecule has 0 unspecified atom stereocenters. The van der Waals surface area contributed by atoms with E-state index in [1.807, 2.05) is 53.9 Å². The van der Waals surface area contributed by atoms with E-state index in [4.69, 9.17) is 21.1 Å². The first-order valence-electron chi connectivity index (χ1n) is 11.0. The maximum atomic E-state index is 12.4. The van der Waals surface area contributed by atoms with Gasteiger partial charge in [-0.3, -0.25) is 10.1 Å². The summed E-state index contributed by atoms with van der Waals surface area (Å²) in [5, 5.41) is 6.00. The van der Waals surface area contributed by atoms with Crippen LogP contribution in [-0.4, -0.2) is 18.0 Å². The Labute approximate surface area is 214 Å². The number of thiazole rings is 1. The Morgan fingerprint density at radius 3 is 2.57 bits per heavy atom. The molecule has 0 bridgehead atoms. The first kappa shape index (κ1) is 24.5. The molecular weight excluding hydrogens is 480 g/mol. The van der Waals surface area contributed by atoms with Gasteiger partial charge in [0.25, 0.3) is 0 Å². The quantitative estimate of drug-likeness (QED) is 0.255. The predicted octanol–water partition coefficient (Wildman–Crippen LogP) is 7.32. The number of nitrogens with one attached hydrogen (secondary N) is 1. The Kier molecular flexibility index (Phi) is 7.85. The number of benzene rings is 3. The van der Waals surface area contributed by atoms with Crippen LogP contribution in [0.3, 0.4) is 0 Å². The maximum absolute atomic E-state index is 12.4. The third-order valence-corrected chi connectivity index (χ3v) is 6.47. The van der Waals surface area contributed by atoms with Gasteiger partial charge in [0.2, 0.25) is 5.91 Å². The SMILES string of the molecule is COc1cc(/C=C/C(=O)Nc2nc(-c3ccc(C)c(C)c3)cs2)ccc1OCc1ccc(Cl)cc1. The highest BCUT2D eigenvalue weighted by molar-refractivity contribution is 7.14.